The third-order valence-corrected chi connectivity index (χ3v) is 4.36. The van der Waals surface area contributed by atoms with E-state index in [2.05, 4.69) is 26.2 Å². The van der Waals surface area contributed by atoms with Crippen molar-refractivity contribution in [2.45, 2.75) is 6.04 Å². The van der Waals surface area contributed by atoms with Gasteiger partial charge in [-0.3, -0.25) is 9.78 Å². The van der Waals surface area contributed by atoms with Crippen LogP contribution in [0, 0.1) is 0 Å². The molecule has 24 heavy (non-hydrogen) atoms. The Morgan fingerprint density at radius 1 is 1.29 bits per heavy atom. The quantitative estimate of drug-likeness (QED) is 0.744. The molecule has 1 saturated heterocycles. The fraction of sp³-hybridized carbons (Fsp3) is 0.250. The number of piperazine rings is 1. The fourth-order valence-electron chi connectivity index (χ4n) is 2.65. The first-order valence-corrected chi connectivity index (χ1v) is 8.20. The summed E-state index contributed by atoms with van der Waals surface area (Å²) in [5.41, 5.74) is 1.62. The van der Waals surface area contributed by atoms with Gasteiger partial charge in [0.2, 0.25) is 0 Å². The number of nitrogens with zero attached hydrogens (tertiary/aromatic N) is 2. The highest BCUT2D eigenvalue weighted by molar-refractivity contribution is 9.10. The number of nitrogens with one attached hydrogen (secondary N) is 1. The molecule has 130 valence electrons. The van der Waals surface area contributed by atoms with E-state index in [1.54, 1.807) is 18.5 Å². The van der Waals surface area contributed by atoms with Crippen molar-refractivity contribution in [3.63, 3.8) is 0 Å². The molecular weight excluding hydrogens is 436 g/mol. The zero-order valence-electron chi connectivity index (χ0n) is 12.6. The van der Waals surface area contributed by atoms with Gasteiger partial charge in [0.1, 0.15) is 0 Å². The highest BCUT2D eigenvalue weighted by Crippen LogP contribution is 2.26. The number of rotatable bonds is 2. The van der Waals surface area contributed by atoms with E-state index < -0.39 is 0 Å². The van der Waals surface area contributed by atoms with Crippen LogP contribution in [0.25, 0.3) is 0 Å². The van der Waals surface area contributed by atoms with E-state index in [0.29, 0.717) is 23.7 Å². The molecular formula is C16H17BrCl3N3O. The van der Waals surface area contributed by atoms with Crippen molar-refractivity contribution in [3.05, 3.63) is 63.3 Å². The smallest absolute Gasteiger partial charge is 0.256 e. The van der Waals surface area contributed by atoms with E-state index >= 15 is 0 Å². The number of pyridine rings is 1. The summed E-state index contributed by atoms with van der Waals surface area (Å²) in [6.07, 6.45) is 3.27. The molecule has 8 heteroatoms. The third-order valence-electron chi connectivity index (χ3n) is 3.69. The summed E-state index contributed by atoms with van der Waals surface area (Å²) in [5, 5.41) is 4.02. The number of halogens is 4. The van der Waals surface area contributed by atoms with Crippen molar-refractivity contribution in [1.82, 2.24) is 15.2 Å². The molecule has 4 nitrogen and oxygen atoms in total. The minimum atomic E-state index is -0.0288. The summed E-state index contributed by atoms with van der Waals surface area (Å²) >= 11 is 9.45. The van der Waals surface area contributed by atoms with Crippen LogP contribution < -0.4 is 5.32 Å². The summed E-state index contributed by atoms with van der Waals surface area (Å²) in [4.78, 5) is 18.8. The van der Waals surface area contributed by atoms with Crippen LogP contribution in [0.2, 0.25) is 5.02 Å². The molecule has 0 saturated carbocycles. The molecule has 1 N–H and O–H groups in total. The fourth-order valence-corrected chi connectivity index (χ4v) is 3.22. The Morgan fingerprint density at radius 3 is 2.79 bits per heavy atom. The monoisotopic (exact) mass is 451 g/mol. The predicted molar refractivity (Wildman–Crippen MR) is 105 cm³/mol. The van der Waals surface area contributed by atoms with Crippen LogP contribution in [0.3, 0.4) is 0 Å². The Hall–Kier alpha value is -0.850. The number of hydrogen-bond donors (Lipinski definition) is 1. The lowest BCUT2D eigenvalue weighted by Crippen LogP contribution is -2.48. The summed E-state index contributed by atoms with van der Waals surface area (Å²) in [7, 11) is 0. The normalized spacial score (nSPS) is 16.8. The van der Waals surface area contributed by atoms with Gasteiger partial charge in [-0.15, -0.1) is 24.8 Å². The molecule has 2 heterocycles. The van der Waals surface area contributed by atoms with Crippen molar-refractivity contribution < 1.29 is 4.79 Å². The topological polar surface area (TPSA) is 45.2 Å². The van der Waals surface area contributed by atoms with Gasteiger partial charge in [-0.25, -0.2) is 0 Å². The number of hydrogen-bond acceptors (Lipinski definition) is 3. The Kier molecular flexibility index (Phi) is 8.46. The molecule has 1 aliphatic rings. The van der Waals surface area contributed by atoms with E-state index in [9.17, 15) is 4.79 Å². The summed E-state index contributed by atoms with van der Waals surface area (Å²) in [6.45, 7) is 2.15. The number of amides is 1. The zero-order valence-corrected chi connectivity index (χ0v) is 16.6. The van der Waals surface area contributed by atoms with Gasteiger partial charge in [0.05, 0.1) is 11.6 Å². The first-order chi connectivity index (χ1) is 10.6. The summed E-state index contributed by atoms with van der Waals surface area (Å²) in [6, 6.07) is 9.44. The van der Waals surface area contributed by atoms with Crippen LogP contribution in [0.4, 0.5) is 0 Å². The van der Waals surface area contributed by atoms with Crippen molar-refractivity contribution in [3.8, 4) is 0 Å². The number of benzene rings is 1. The maximum Gasteiger partial charge on any atom is 0.256 e. The minimum absolute atomic E-state index is 0. The molecule has 1 aromatic heterocycles. The van der Waals surface area contributed by atoms with Crippen LogP contribution in [-0.4, -0.2) is 35.4 Å². The second kappa shape index (κ2) is 9.59. The van der Waals surface area contributed by atoms with Crippen LogP contribution in [0.15, 0.2) is 47.2 Å². The van der Waals surface area contributed by atoms with E-state index in [0.717, 1.165) is 16.6 Å². The lowest BCUT2D eigenvalue weighted by Gasteiger charge is -2.36. The highest BCUT2D eigenvalue weighted by Gasteiger charge is 2.28. The van der Waals surface area contributed by atoms with E-state index in [4.69, 9.17) is 11.6 Å². The third kappa shape index (κ3) is 4.83. The Labute approximate surface area is 166 Å². The number of aromatic nitrogens is 1. The number of carbonyl (C=O) groups is 1. The van der Waals surface area contributed by atoms with Crippen molar-refractivity contribution in [1.29, 1.82) is 0 Å². The summed E-state index contributed by atoms with van der Waals surface area (Å²) < 4.78 is 0.799. The van der Waals surface area contributed by atoms with Gasteiger partial charge in [-0.05, 0) is 39.7 Å². The lowest BCUT2D eigenvalue weighted by molar-refractivity contribution is 0.0634. The molecule has 0 spiro atoms. The van der Waals surface area contributed by atoms with Gasteiger partial charge >= 0.3 is 0 Å². The Morgan fingerprint density at radius 2 is 2.08 bits per heavy atom. The molecule has 0 radical (unpaired) electrons. The molecule has 1 aromatic carbocycles. The Bertz CT molecular complexity index is 702. The van der Waals surface area contributed by atoms with Crippen LogP contribution in [-0.2, 0) is 0 Å². The van der Waals surface area contributed by atoms with E-state index in [-0.39, 0.29) is 36.8 Å². The van der Waals surface area contributed by atoms with E-state index in [1.165, 1.54) is 0 Å². The standard InChI is InChI=1S/C16H15BrClN3O.2ClH/c17-13-6-12(8-20-9-13)16(22)21-5-4-19-10-15(21)11-2-1-3-14(18)7-11;;/h1-3,6-9,15,19H,4-5,10H2;2*1H. The maximum absolute atomic E-state index is 12.8. The Balaban J connectivity index is 0.00000144. The SMILES string of the molecule is Cl.Cl.O=C(c1cncc(Br)c1)N1CCNCC1c1cccc(Cl)c1. The molecule has 0 aliphatic carbocycles. The molecule has 3 rings (SSSR count). The number of carbonyl (C=O) groups excluding carboxylic acids is 1. The van der Waals surface area contributed by atoms with Gasteiger partial charge < -0.3 is 10.2 Å². The van der Waals surface area contributed by atoms with Gasteiger partial charge in [0, 0.05) is 41.5 Å². The molecule has 2 aromatic rings. The second-order valence-corrected chi connectivity index (χ2v) is 6.52. The van der Waals surface area contributed by atoms with Gasteiger partial charge in [0.15, 0.2) is 0 Å². The van der Waals surface area contributed by atoms with Gasteiger partial charge in [0.25, 0.3) is 5.91 Å². The average Bonchev–Trinajstić information content (AvgIpc) is 2.54. The first-order valence-electron chi connectivity index (χ1n) is 7.03. The largest absolute Gasteiger partial charge is 0.329 e. The average molecular weight is 454 g/mol. The summed E-state index contributed by atoms with van der Waals surface area (Å²) in [5.74, 6) is -0.0136. The molecule has 1 atom stereocenters. The molecule has 0 bridgehead atoms. The molecule has 1 unspecified atom stereocenters. The van der Waals surface area contributed by atoms with Crippen LogP contribution in [0.5, 0.6) is 0 Å². The van der Waals surface area contributed by atoms with Gasteiger partial charge in [-0.2, -0.15) is 0 Å². The molecule has 1 amide bonds. The van der Waals surface area contributed by atoms with Crippen molar-refractivity contribution in [2.75, 3.05) is 19.6 Å². The lowest BCUT2D eigenvalue weighted by atomic mass is 10.0. The minimum Gasteiger partial charge on any atom is -0.329 e. The molecule has 1 aliphatic heterocycles. The zero-order chi connectivity index (χ0) is 15.5. The van der Waals surface area contributed by atoms with E-state index in [1.807, 2.05) is 29.2 Å². The van der Waals surface area contributed by atoms with Crippen molar-refractivity contribution >= 4 is 58.3 Å². The second-order valence-electron chi connectivity index (χ2n) is 5.17. The predicted octanol–water partition coefficient (Wildman–Crippen LogP) is 4.13. The van der Waals surface area contributed by atoms with Crippen LogP contribution in [0.1, 0.15) is 22.0 Å². The molecule has 1 fully saturated rings. The first kappa shape index (κ1) is 21.2. The van der Waals surface area contributed by atoms with Gasteiger partial charge in [-0.1, -0.05) is 23.7 Å². The van der Waals surface area contributed by atoms with Crippen LogP contribution >= 0.6 is 52.3 Å². The van der Waals surface area contributed by atoms with Crippen molar-refractivity contribution in [2.24, 2.45) is 0 Å². The maximum atomic E-state index is 12.8. The highest BCUT2D eigenvalue weighted by atomic mass is 79.9.